The molecule has 0 bridgehead atoms. The molecule has 0 saturated carbocycles. The SMILES string of the molecule is SNc1ccc2c(c1)OCO2. The average Bonchev–Trinajstić information content (AvgIpc) is 2.50. The first-order valence-corrected chi connectivity index (χ1v) is 3.64. The molecule has 0 radical (unpaired) electrons. The third-order valence-electron chi connectivity index (χ3n) is 1.50. The molecule has 1 heterocycles. The molecule has 1 N–H and O–H groups in total. The van der Waals surface area contributed by atoms with E-state index in [0.29, 0.717) is 6.79 Å². The largest absolute Gasteiger partial charge is 0.454 e. The van der Waals surface area contributed by atoms with Crippen LogP contribution in [0.3, 0.4) is 0 Å². The van der Waals surface area contributed by atoms with E-state index in [1.165, 1.54) is 0 Å². The maximum absolute atomic E-state index is 5.14. The third-order valence-corrected chi connectivity index (χ3v) is 1.76. The Hall–Kier alpha value is -1.03. The van der Waals surface area contributed by atoms with Gasteiger partial charge in [0.15, 0.2) is 11.5 Å². The van der Waals surface area contributed by atoms with Crippen LogP contribution in [-0.4, -0.2) is 6.79 Å². The monoisotopic (exact) mass is 169 g/mol. The Balaban J connectivity index is 2.41. The van der Waals surface area contributed by atoms with E-state index in [1.807, 2.05) is 18.2 Å². The quantitative estimate of drug-likeness (QED) is 0.627. The molecular formula is C7H7NO2S. The zero-order chi connectivity index (χ0) is 7.68. The van der Waals surface area contributed by atoms with Gasteiger partial charge in [-0.15, -0.1) is 0 Å². The molecule has 0 amide bonds. The summed E-state index contributed by atoms with van der Waals surface area (Å²) >= 11 is 3.90. The number of nitrogens with one attached hydrogen (secondary N) is 1. The summed E-state index contributed by atoms with van der Waals surface area (Å²) in [6.07, 6.45) is 0. The lowest BCUT2D eigenvalue weighted by molar-refractivity contribution is 0.174. The minimum atomic E-state index is 0.311. The van der Waals surface area contributed by atoms with E-state index in [0.717, 1.165) is 17.2 Å². The minimum Gasteiger partial charge on any atom is -0.454 e. The summed E-state index contributed by atoms with van der Waals surface area (Å²) in [7, 11) is 0. The molecule has 3 nitrogen and oxygen atoms in total. The van der Waals surface area contributed by atoms with E-state index < -0.39 is 0 Å². The summed E-state index contributed by atoms with van der Waals surface area (Å²) < 4.78 is 13.0. The van der Waals surface area contributed by atoms with Gasteiger partial charge in [-0.25, -0.2) is 0 Å². The van der Waals surface area contributed by atoms with Gasteiger partial charge in [0.25, 0.3) is 0 Å². The first kappa shape index (κ1) is 6.67. The van der Waals surface area contributed by atoms with Crippen LogP contribution in [0.4, 0.5) is 5.69 Å². The Morgan fingerprint density at radius 2 is 2.09 bits per heavy atom. The summed E-state index contributed by atoms with van der Waals surface area (Å²) in [5.41, 5.74) is 0.901. The number of hydrogen-bond donors (Lipinski definition) is 2. The average molecular weight is 169 g/mol. The van der Waals surface area contributed by atoms with Crippen molar-refractivity contribution in [3.8, 4) is 11.5 Å². The molecule has 4 heteroatoms. The van der Waals surface area contributed by atoms with Crippen molar-refractivity contribution in [2.24, 2.45) is 0 Å². The lowest BCUT2D eigenvalue weighted by Gasteiger charge is -1.99. The van der Waals surface area contributed by atoms with Gasteiger partial charge in [0.1, 0.15) is 0 Å². The third kappa shape index (κ3) is 1.09. The molecule has 0 aliphatic carbocycles. The fourth-order valence-electron chi connectivity index (χ4n) is 0.966. The maximum atomic E-state index is 5.14. The second-order valence-corrected chi connectivity index (χ2v) is 2.40. The van der Waals surface area contributed by atoms with Gasteiger partial charge in [-0.3, -0.25) is 0 Å². The molecule has 0 saturated heterocycles. The number of fused-ring (bicyclic) bond motifs is 1. The van der Waals surface area contributed by atoms with Crippen LogP contribution in [0, 0.1) is 0 Å². The van der Waals surface area contributed by atoms with Crippen molar-refractivity contribution in [3.05, 3.63) is 18.2 Å². The Morgan fingerprint density at radius 1 is 1.27 bits per heavy atom. The maximum Gasteiger partial charge on any atom is 0.231 e. The highest BCUT2D eigenvalue weighted by atomic mass is 32.1. The summed E-state index contributed by atoms with van der Waals surface area (Å²) in [6, 6.07) is 5.57. The number of thiol groups is 1. The van der Waals surface area contributed by atoms with Gasteiger partial charge in [-0.05, 0) is 12.1 Å². The Kier molecular flexibility index (Phi) is 1.54. The van der Waals surface area contributed by atoms with E-state index >= 15 is 0 Å². The highest BCUT2D eigenvalue weighted by Gasteiger charge is 2.12. The Morgan fingerprint density at radius 3 is 2.91 bits per heavy atom. The standard InChI is InChI=1S/C7H7NO2S/c11-8-5-1-2-6-7(3-5)10-4-9-6/h1-3,8,11H,4H2. The van der Waals surface area contributed by atoms with Crippen LogP contribution in [0.5, 0.6) is 11.5 Å². The van der Waals surface area contributed by atoms with Crippen LogP contribution in [0.25, 0.3) is 0 Å². The van der Waals surface area contributed by atoms with Crippen LogP contribution in [0.1, 0.15) is 0 Å². The fourth-order valence-corrected chi connectivity index (χ4v) is 1.11. The van der Waals surface area contributed by atoms with E-state index in [-0.39, 0.29) is 0 Å². The van der Waals surface area contributed by atoms with Gasteiger partial charge in [0, 0.05) is 11.8 Å². The van der Waals surface area contributed by atoms with E-state index in [1.54, 1.807) is 0 Å². The normalized spacial score (nSPS) is 13.2. The molecule has 0 atom stereocenters. The fraction of sp³-hybridized carbons (Fsp3) is 0.143. The molecule has 0 unspecified atom stereocenters. The smallest absolute Gasteiger partial charge is 0.231 e. The first-order valence-electron chi connectivity index (χ1n) is 3.20. The number of benzene rings is 1. The van der Waals surface area contributed by atoms with Gasteiger partial charge >= 0.3 is 0 Å². The molecule has 1 aromatic carbocycles. The lowest BCUT2D eigenvalue weighted by Crippen LogP contribution is -1.92. The molecule has 0 aromatic heterocycles. The predicted molar refractivity (Wildman–Crippen MR) is 45.2 cm³/mol. The van der Waals surface area contributed by atoms with Gasteiger partial charge in [-0.2, -0.15) is 0 Å². The second-order valence-electron chi connectivity index (χ2n) is 2.18. The zero-order valence-electron chi connectivity index (χ0n) is 5.70. The van der Waals surface area contributed by atoms with Gasteiger partial charge in [0.2, 0.25) is 6.79 Å². The predicted octanol–water partition coefficient (Wildman–Crippen LogP) is 1.67. The number of ether oxygens (including phenoxy) is 2. The summed E-state index contributed by atoms with van der Waals surface area (Å²) in [5.74, 6) is 1.56. The molecular weight excluding hydrogens is 162 g/mol. The molecule has 0 fully saturated rings. The molecule has 1 aromatic rings. The summed E-state index contributed by atoms with van der Waals surface area (Å²) in [6.45, 7) is 0.311. The van der Waals surface area contributed by atoms with Crippen molar-refractivity contribution in [2.45, 2.75) is 0 Å². The number of rotatable bonds is 1. The minimum absolute atomic E-state index is 0.311. The van der Waals surface area contributed by atoms with Crippen LogP contribution in [-0.2, 0) is 0 Å². The Bertz CT molecular complexity index is 277. The van der Waals surface area contributed by atoms with Gasteiger partial charge in [-0.1, -0.05) is 12.8 Å². The summed E-state index contributed by atoms with van der Waals surface area (Å²) in [5, 5.41) is 0. The summed E-state index contributed by atoms with van der Waals surface area (Å²) in [4.78, 5) is 0. The van der Waals surface area contributed by atoms with Crippen molar-refractivity contribution in [1.82, 2.24) is 0 Å². The van der Waals surface area contributed by atoms with Crippen molar-refractivity contribution >= 4 is 18.5 Å². The Labute approximate surface area is 69.9 Å². The molecule has 2 rings (SSSR count). The molecule has 11 heavy (non-hydrogen) atoms. The van der Waals surface area contributed by atoms with Crippen LogP contribution < -0.4 is 14.2 Å². The topological polar surface area (TPSA) is 30.5 Å². The number of hydrogen-bond acceptors (Lipinski definition) is 4. The molecule has 1 aliphatic rings. The van der Waals surface area contributed by atoms with Crippen LogP contribution in [0.2, 0.25) is 0 Å². The first-order chi connectivity index (χ1) is 5.40. The molecule has 1 aliphatic heterocycles. The van der Waals surface area contributed by atoms with Crippen molar-refractivity contribution in [3.63, 3.8) is 0 Å². The zero-order valence-corrected chi connectivity index (χ0v) is 6.60. The van der Waals surface area contributed by atoms with Crippen molar-refractivity contribution in [2.75, 3.05) is 11.5 Å². The molecule has 0 spiro atoms. The molecule has 58 valence electrons. The van der Waals surface area contributed by atoms with Crippen LogP contribution in [0.15, 0.2) is 18.2 Å². The highest BCUT2D eigenvalue weighted by Crippen LogP contribution is 2.34. The van der Waals surface area contributed by atoms with Crippen LogP contribution >= 0.6 is 12.8 Å². The highest BCUT2D eigenvalue weighted by molar-refractivity contribution is 7.81. The van der Waals surface area contributed by atoms with E-state index in [9.17, 15) is 0 Å². The van der Waals surface area contributed by atoms with E-state index in [4.69, 9.17) is 9.47 Å². The number of anilines is 1. The second kappa shape index (κ2) is 2.54. The van der Waals surface area contributed by atoms with Crippen molar-refractivity contribution in [1.29, 1.82) is 0 Å². The van der Waals surface area contributed by atoms with Crippen molar-refractivity contribution < 1.29 is 9.47 Å². The van der Waals surface area contributed by atoms with Gasteiger partial charge in [0.05, 0.1) is 0 Å². The van der Waals surface area contributed by atoms with Gasteiger partial charge < -0.3 is 14.2 Å². The lowest BCUT2D eigenvalue weighted by atomic mass is 10.3. The van der Waals surface area contributed by atoms with E-state index in [2.05, 4.69) is 17.5 Å².